The summed E-state index contributed by atoms with van der Waals surface area (Å²) in [6.45, 7) is -0.232. The van der Waals surface area contributed by atoms with Crippen LogP contribution in [0.1, 0.15) is 11.1 Å². The van der Waals surface area contributed by atoms with E-state index in [1.54, 1.807) is 55.7 Å². The zero-order valence-electron chi connectivity index (χ0n) is 18.5. The molecule has 0 saturated heterocycles. The van der Waals surface area contributed by atoms with E-state index >= 15 is 0 Å². The molecule has 0 radical (unpaired) electrons. The molecule has 34 heavy (non-hydrogen) atoms. The van der Waals surface area contributed by atoms with E-state index in [2.05, 4.69) is 11.4 Å². The number of carbonyl (C=O) groups is 1. The van der Waals surface area contributed by atoms with Gasteiger partial charge in [0.25, 0.3) is 11.6 Å². The zero-order valence-corrected chi connectivity index (χ0v) is 18.5. The van der Waals surface area contributed by atoms with Gasteiger partial charge in [-0.25, -0.2) is 0 Å². The number of ether oxygens (including phenoxy) is 3. The molecule has 0 heterocycles. The fraction of sp³-hybridized carbons (Fsp3) is 0.120. The van der Waals surface area contributed by atoms with Crippen molar-refractivity contribution in [3.63, 3.8) is 0 Å². The lowest BCUT2D eigenvalue weighted by atomic mass is 10.0. The highest BCUT2D eigenvalue weighted by molar-refractivity contribution is 5.92. The third-order valence-corrected chi connectivity index (χ3v) is 4.74. The molecular weight excluding hydrogens is 438 g/mol. The van der Waals surface area contributed by atoms with Crippen molar-refractivity contribution in [2.45, 2.75) is 0 Å². The number of nitrogens with one attached hydrogen (secondary N) is 1. The first-order chi connectivity index (χ1) is 16.4. The lowest BCUT2D eigenvalue weighted by molar-refractivity contribution is -0.384. The largest absolute Gasteiger partial charge is 0.497 e. The molecule has 9 nitrogen and oxygen atoms in total. The number of nitrogens with zero attached hydrogens (tertiary/aromatic N) is 2. The van der Waals surface area contributed by atoms with Crippen LogP contribution in [0.25, 0.3) is 11.6 Å². The number of nitro benzene ring substituents is 1. The monoisotopic (exact) mass is 459 g/mol. The fourth-order valence-corrected chi connectivity index (χ4v) is 3.02. The number of non-ortho nitro benzene ring substituents is 1. The molecule has 0 spiro atoms. The van der Waals surface area contributed by atoms with Crippen molar-refractivity contribution in [2.75, 3.05) is 26.1 Å². The minimum atomic E-state index is -0.500. The van der Waals surface area contributed by atoms with Crippen LogP contribution in [0.15, 0.2) is 66.7 Å². The average Bonchev–Trinajstić information content (AvgIpc) is 2.86. The van der Waals surface area contributed by atoms with Crippen LogP contribution in [0.5, 0.6) is 17.2 Å². The van der Waals surface area contributed by atoms with Crippen molar-refractivity contribution in [1.82, 2.24) is 0 Å². The third kappa shape index (κ3) is 6.11. The van der Waals surface area contributed by atoms with Gasteiger partial charge in [-0.2, -0.15) is 5.26 Å². The number of hydrogen-bond acceptors (Lipinski definition) is 7. The molecule has 0 fully saturated rings. The Kier molecular flexibility index (Phi) is 7.81. The number of benzene rings is 3. The van der Waals surface area contributed by atoms with Gasteiger partial charge >= 0.3 is 0 Å². The minimum Gasteiger partial charge on any atom is -0.497 e. The molecule has 0 aliphatic rings. The molecule has 0 bridgehead atoms. The van der Waals surface area contributed by atoms with Gasteiger partial charge in [0.05, 0.1) is 30.8 Å². The number of amides is 1. The number of nitro groups is 1. The van der Waals surface area contributed by atoms with Gasteiger partial charge in [-0.3, -0.25) is 14.9 Å². The highest BCUT2D eigenvalue weighted by Crippen LogP contribution is 2.30. The molecule has 0 saturated carbocycles. The van der Waals surface area contributed by atoms with Crippen LogP contribution in [0, 0.1) is 21.4 Å². The minimum absolute atomic E-state index is 0.0553. The average molecular weight is 459 g/mol. The molecule has 0 aromatic heterocycles. The second-order valence-corrected chi connectivity index (χ2v) is 6.95. The van der Waals surface area contributed by atoms with Crippen molar-refractivity contribution in [1.29, 1.82) is 5.26 Å². The van der Waals surface area contributed by atoms with Crippen LogP contribution in [0.3, 0.4) is 0 Å². The summed E-state index contributed by atoms with van der Waals surface area (Å²) in [4.78, 5) is 22.5. The Balaban J connectivity index is 1.69. The van der Waals surface area contributed by atoms with E-state index in [0.717, 1.165) is 0 Å². The standard InChI is InChI=1S/C25H21N3O6/c1-32-22-10-6-20(7-11-22)27-25(29)16-34-23-12-3-17(14-24(23)33-2)13-19(15-26)18-4-8-21(9-5-18)28(30)31/h3-14H,16H2,1-2H3,(H,27,29). The first-order valence-corrected chi connectivity index (χ1v) is 10.0. The summed E-state index contributed by atoms with van der Waals surface area (Å²) in [5.74, 6) is 1.08. The van der Waals surface area contributed by atoms with Gasteiger partial charge in [0, 0.05) is 17.8 Å². The maximum Gasteiger partial charge on any atom is 0.269 e. The number of anilines is 1. The van der Waals surface area contributed by atoms with Gasteiger partial charge in [-0.15, -0.1) is 0 Å². The SMILES string of the molecule is COc1ccc(NC(=O)COc2ccc(C=C(C#N)c3ccc([N+](=O)[O-])cc3)cc2OC)cc1. The van der Waals surface area contributed by atoms with Gasteiger partial charge in [0.15, 0.2) is 18.1 Å². The van der Waals surface area contributed by atoms with Crippen LogP contribution in [-0.2, 0) is 4.79 Å². The van der Waals surface area contributed by atoms with E-state index in [-0.39, 0.29) is 18.2 Å². The summed E-state index contributed by atoms with van der Waals surface area (Å²) in [6.07, 6.45) is 1.63. The maximum atomic E-state index is 12.2. The van der Waals surface area contributed by atoms with E-state index < -0.39 is 4.92 Å². The van der Waals surface area contributed by atoms with Gasteiger partial charge in [0.2, 0.25) is 0 Å². The number of methoxy groups -OCH3 is 2. The topological polar surface area (TPSA) is 124 Å². The summed E-state index contributed by atoms with van der Waals surface area (Å²) < 4.78 is 16.1. The second kappa shape index (κ2) is 11.2. The van der Waals surface area contributed by atoms with Crippen LogP contribution in [0.2, 0.25) is 0 Å². The Hall–Kier alpha value is -4.84. The van der Waals surface area contributed by atoms with E-state index in [9.17, 15) is 20.2 Å². The summed E-state index contributed by atoms with van der Waals surface area (Å²) in [5, 5.41) is 23.1. The second-order valence-electron chi connectivity index (χ2n) is 6.95. The summed E-state index contributed by atoms with van der Waals surface area (Å²) >= 11 is 0. The van der Waals surface area contributed by atoms with Crippen LogP contribution in [-0.4, -0.2) is 31.7 Å². The van der Waals surface area contributed by atoms with E-state index in [0.29, 0.717) is 39.6 Å². The molecule has 0 aliphatic heterocycles. The van der Waals surface area contributed by atoms with Crippen LogP contribution in [0.4, 0.5) is 11.4 Å². The van der Waals surface area contributed by atoms with Crippen molar-refractivity contribution in [2.24, 2.45) is 0 Å². The molecule has 1 N–H and O–H groups in total. The molecule has 3 aromatic carbocycles. The van der Waals surface area contributed by atoms with Crippen LogP contribution < -0.4 is 19.5 Å². The van der Waals surface area contributed by atoms with Crippen molar-refractivity contribution < 1.29 is 23.9 Å². The predicted molar refractivity (Wildman–Crippen MR) is 127 cm³/mol. The molecule has 172 valence electrons. The molecule has 3 rings (SSSR count). The van der Waals surface area contributed by atoms with E-state index in [1.165, 1.54) is 31.4 Å². The molecule has 1 amide bonds. The third-order valence-electron chi connectivity index (χ3n) is 4.74. The first-order valence-electron chi connectivity index (χ1n) is 10.0. The Labute approximate surface area is 196 Å². The zero-order chi connectivity index (χ0) is 24.5. The Morgan fingerprint density at radius 3 is 2.32 bits per heavy atom. The van der Waals surface area contributed by atoms with Gasteiger partial charge in [0.1, 0.15) is 5.75 Å². The molecule has 3 aromatic rings. The quantitative estimate of drug-likeness (QED) is 0.213. The smallest absolute Gasteiger partial charge is 0.269 e. The first kappa shape index (κ1) is 23.8. The van der Waals surface area contributed by atoms with E-state index in [4.69, 9.17) is 14.2 Å². The number of carbonyl (C=O) groups excluding carboxylic acids is 1. The van der Waals surface area contributed by atoms with Gasteiger partial charge in [-0.1, -0.05) is 6.07 Å². The molecule has 9 heteroatoms. The highest BCUT2D eigenvalue weighted by Gasteiger charge is 2.11. The molecule has 0 aliphatic carbocycles. The lowest BCUT2D eigenvalue weighted by Gasteiger charge is -2.12. The Bertz CT molecular complexity index is 1250. The number of allylic oxidation sites excluding steroid dienone is 1. The van der Waals surface area contributed by atoms with Crippen LogP contribution >= 0.6 is 0 Å². The molecule has 0 atom stereocenters. The number of rotatable bonds is 9. The highest BCUT2D eigenvalue weighted by atomic mass is 16.6. The molecular formula is C25H21N3O6. The predicted octanol–water partition coefficient (Wildman–Crippen LogP) is 4.69. The summed E-state index contributed by atoms with van der Waals surface area (Å²) in [5.41, 5.74) is 2.08. The van der Waals surface area contributed by atoms with E-state index in [1.807, 2.05) is 0 Å². The molecule has 0 unspecified atom stereocenters. The van der Waals surface area contributed by atoms with Gasteiger partial charge in [-0.05, 0) is 65.7 Å². The normalized spacial score (nSPS) is 10.7. The number of nitriles is 1. The summed E-state index contributed by atoms with van der Waals surface area (Å²) in [7, 11) is 3.03. The van der Waals surface area contributed by atoms with Crippen molar-refractivity contribution in [3.05, 3.63) is 88.0 Å². The lowest BCUT2D eigenvalue weighted by Crippen LogP contribution is -2.20. The Morgan fingerprint density at radius 1 is 1.03 bits per heavy atom. The summed E-state index contributed by atoms with van der Waals surface area (Å²) in [6, 6.07) is 19.7. The van der Waals surface area contributed by atoms with Crippen molar-refractivity contribution in [3.8, 4) is 23.3 Å². The van der Waals surface area contributed by atoms with Gasteiger partial charge < -0.3 is 19.5 Å². The Morgan fingerprint density at radius 2 is 1.74 bits per heavy atom. The maximum absolute atomic E-state index is 12.2. The van der Waals surface area contributed by atoms with Crippen molar-refractivity contribution >= 4 is 28.9 Å². The number of hydrogen-bond donors (Lipinski definition) is 1. The fourth-order valence-electron chi connectivity index (χ4n) is 3.02.